The van der Waals surface area contributed by atoms with Gasteiger partial charge in [-0.15, -0.1) is 0 Å². The van der Waals surface area contributed by atoms with Crippen LogP contribution in [0.1, 0.15) is 27.7 Å². The van der Waals surface area contributed by atoms with Crippen LogP contribution in [0, 0.1) is 11.8 Å². The molecule has 132 valence electrons. The fourth-order valence-electron chi connectivity index (χ4n) is 2.25. The first-order chi connectivity index (χ1) is 11.5. The van der Waals surface area contributed by atoms with Gasteiger partial charge in [-0.05, 0) is 39.8 Å². The Morgan fingerprint density at radius 1 is 1.12 bits per heavy atom. The van der Waals surface area contributed by atoms with Crippen molar-refractivity contribution < 1.29 is 14.3 Å². The Morgan fingerprint density at radius 2 is 1.75 bits per heavy atom. The summed E-state index contributed by atoms with van der Waals surface area (Å²) in [6, 6.07) is 8.12. The number of para-hydroxylation sites is 2. The zero-order chi connectivity index (χ0) is 17.9. The summed E-state index contributed by atoms with van der Waals surface area (Å²) >= 11 is 0. The monoisotopic (exact) mass is 332 g/mol. The minimum absolute atomic E-state index is 0.0633. The number of amides is 1. The molecule has 0 unspecified atom stereocenters. The molecule has 0 fully saturated rings. The van der Waals surface area contributed by atoms with Gasteiger partial charge in [-0.25, -0.2) is 0 Å². The third-order valence-corrected chi connectivity index (χ3v) is 3.51. The Morgan fingerprint density at radius 3 is 2.33 bits per heavy atom. The minimum Gasteiger partial charge on any atom is -0.493 e. The molecule has 24 heavy (non-hydrogen) atoms. The quantitative estimate of drug-likeness (QED) is 0.742. The first kappa shape index (κ1) is 19.9. The van der Waals surface area contributed by atoms with Gasteiger partial charge in [0.25, 0.3) is 5.91 Å². The molecule has 1 N–H and O–H groups in total. The molecule has 0 aliphatic carbocycles. The first-order valence-electron chi connectivity index (χ1n) is 8.19. The summed E-state index contributed by atoms with van der Waals surface area (Å²) in [6.45, 7) is 9.56. The van der Waals surface area contributed by atoms with E-state index in [-0.39, 0.29) is 12.5 Å². The van der Waals surface area contributed by atoms with Crippen LogP contribution in [0.5, 0.6) is 11.5 Å². The maximum Gasteiger partial charge on any atom is 0.258 e. The van der Waals surface area contributed by atoms with Crippen LogP contribution in [-0.2, 0) is 4.79 Å². The van der Waals surface area contributed by atoms with Gasteiger partial charge in [0.15, 0.2) is 18.1 Å². The van der Waals surface area contributed by atoms with E-state index in [1.165, 1.54) is 0 Å². The lowest BCUT2D eigenvalue weighted by Gasteiger charge is -2.28. The molecule has 0 aromatic heterocycles. The van der Waals surface area contributed by atoms with E-state index in [9.17, 15) is 4.79 Å². The highest BCUT2D eigenvalue weighted by atomic mass is 16.5. The second kappa shape index (κ2) is 10.6. The molecular formula is C19H28N2O3. The highest BCUT2D eigenvalue weighted by Gasteiger charge is 2.11. The van der Waals surface area contributed by atoms with Crippen LogP contribution >= 0.6 is 0 Å². The summed E-state index contributed by atoms with van der Waals surface area (Å²) < 4.78 is 10.6. The van der Waals surface area contributed by atoms with Crippen LogP contribution in [0.15, 0.2) is 24.3 Å². The van der Waals surface area contributed by atoms with E-state index in [0.717, 1.165) is 0 Å². The average Bonchev–Trinajstić information content (AvgIpc) is 2.55. The lowest BCUT2D eigenvalue weighted by atomic mass is 10.2. The Hall–Kier alpha value is -2.19. The van der Waals surface area contributed by atoms with Gasteiger partial charge in [-0.1, -0.05) is 24.0 Å². The summed E-state index contributed by atoms with van der Waals surface area (Å²) in [5.41, 5.74) is 0. The van der Waals surface area contributed by atoms with Gasteiger partial charge in [-0.3, -0.25) is 9.69 Å². The Kier molecular flexibility index (Phi) is 8.74. The van der Waals surface area contributed by atoms with E-state index in [1.807, 2.05) is 12.1 Å². The number of benzene rings is 1. The van der Waals surface area contributed by atoms with Crippen molar-refractivity contribution in [1.82, 2.24) is 10.2 Å². The van der Waals surface area contributed by atoms with Crippen molar-refractivity contribution in [2.75, 3.05) is 26.8 Å². The summed E-state index contributed by atoms with van der Waals surface area (Å²) in [5.74, 6) is 7.01. The molecular weight excluding hydrogens is 304 g/mol. The number of carbonyl (C=O) groups is 1. The second-order valence-corrected chi connectivity index (χ2v) is 5.93. The highest BCUT2D eigenvalue weighted by Crippen LogP contribution is 2.25. The van der Waals surface area contributed by atoms with E-state index >= 15 is 0 Å². The van der Waals surface area contributed by atoms with Crippen molar-refractivity contribution in [2.24, 2.45) is 0 Å². The molecule has 0 aliphatic heterocycles. The summed E-state index contributed by atoms with van der Waals surface area (Å²) in [6.07, 6.45) is 0. The highest BCUT2D eigenvalue weighted by molar-refractivity contribution is 5.77. The summed E-state index contributed by atoms with van der Waals surface area (Å²) in [5, 5.41) is 2.73. The van der Waals surface area contributed by atoms with E-state index in [0.29, 0.717) is 36.7 Å². The van der Waals surface area contributed by atoms with Crippen LogP contribution in [0.2, 0.25) is 0 Å². The predicted molar refractivity (Wildman–Crippen MR) is 96.3 cm³/mol. The number of nitrogens with one attached hydrogen (secondary N) is 1. The molecule has 0 saturated carbocycles. The predicted octanol–water partition coefficient (Wildman–Crippen LogP) is 2.31. The Balaban J connectivity index is 2.33. The molecule has 0 atom stereocenters. The van der Waals surface area contributed by atoms with Gasteiger partial charge in [0.2, 0.25) is 0 Å². The first-order valence-corrected chi connectivity index (χ1v) is 8.19. The molecule has 1 rings (SSSR count). The van der Waals surface area contributed by atoms with Gasteiger partial charge in [0.05, 0.1) is 20.2 Å². The molecule has 0 heterocycles. The van der Waals surface area contributed by atoms with Crippen molar-refractivity contribution in [1.29, 1.82) is 0 Å². The van der Waals surface area contributed by atoms with Crippen LogP contribution in [-0.4, -0.2) is 49.7 Å². The zero-order valence-electron chi connectivity index (χ0n) is 15.3. The smallest absolute Gasteiger partial charge is 0.258 e. The molecule has 0 spiro atoms. The number of hydrogen-bond acceptors (Lipinski definition) is 4. The van der Waals surface area contributed by atoms with Crippen LogP contribution in [0.25, 0.3) is 0 Å². The Labute approximate surface area is 145 Å². The zero-order valence-corrected chi connectivity index (χ0v) is 15.3. The molecule has 0 saturated heterocycles. The molecule has 5 nitrogen and oxygen atoms in total. The maximum atomic E-state index is 11.8. The van der Waals surface area contributed by atoms with Crippen molar-refractivity contribution in [2.45, 2.75) is 39.8 Å². The summed E-state index contributed by atoms with van der Waals surface area (Å²) in [7, 11) is 1.56. The molecule has 1 aromatic rings. The van der Waals surface area contributed by atoms with Gasteiger partial charge >= 0.3 is 0 Å². The third-order valence-electron chi connectivity index (χ3n) is 3.51. The number of rotatable bonds is 8. The fourth-order valence-corrected chi connectivity index (χ4v) is 2.25. The number of hydrogen-bond donors (Lipinski definition) is 1. The van der Waals surface area contributed by atoms with Gasteiger partial charge in [-0.2, -0.15) is 0 Å². The number of methoxy groups -OCH3 is 1. The molecule has 0 radical (unpaired) electrons. The van der Waals surface area contributed by atoms with E-state index < -0.39 is 0 Å². The minimum atomic E-state index is -0.209. The topological polar surface area (TPSA) is 50.8 Å². The van der Waals surface area contributed by atoms with Crippen LogP contribution in [0.4, 0.5) is 0 Å². The van der Waals surface area contributed by atoms with Gasteiger partial charge < -0.3 is 14.8 Å². The SMILES string of the molecule is COc1ccccc1OCC(=O)NCC#CCN(C(C)C)C(C)C. The molecule has 0 bridgehead atoms. The second-order valence-electron chi connectivity index (χ2n) is 5.93. The normalized spacial score (nSPS) is 10.5. The third kappa shape index (κ3) is 6.93. The van der Waals surface area contributed by atoms with Gasteiger partial charge in [0.1, 0.15) is 0 Å². The molecule has 5 heteroatoms. The largest absolute Gasteiger partial charge is 0.493 e. The Bertz CT molecular complexity index is 565. The van der Waals surface area contributed by atoms with Crippen molar-refractivity contribution in [3.8, 4) is 23.3 Å². The number of ether oxygens (including phenoxy) is 2. The van der Waals surface area contributed by atoms with E-state index in [4.69, 9.17) is 9.47 Å². The summed E-state index contributed by atoms with van der Waals surface area (Å²) in [4.78, 5) is 14.1. The van der Waals surface area contributed by atoms with Crippen molar-refractivity contribution in [3.05, 3.63) is 24.3 Å². The standard InChI is InChI=1S/C19H28N2O3/c1-15(2)21(16(3)4)13-9-8-12-20-19(22)14-24-18-11-7-6-10-17(18)23-5/h6-7,10-11,15-16H,12-14H2,1-5H3,(H,20,22). The van der Waals surface area contributed by atoms with Crippen LogP contribution < -0.4 is 14.8 Å². The lowest BCUT2D eigenvalue weighted by molar-refractivity contribution is -0.122. The average molecular weight is 332 g/mol. The number of carbonyl (C=O) groups excluding carboxylic acids is 1. The number of nitrogens with zero attached hydrogens (tertiary/aromatic N) is 1. The van der Waals surface area contributed by atoms with E-state index in [1.54, 1.807) is 19.2 Å². The van der Waals surface area contributed by atoms with Crippen LogP contribution in [0.3, 0.4) is 0 Å². The molecule has 0 aliphatic rings. The van der Waals surface area contributed by atoms with Gasteiger partial charge in [0, 0.05) is 12.1 Å². The molecule has 1 aromatic carbocycles. The van der Waals surface area contributed by atoms with Crippen molar-refractivity contribution in [3.63, 3.8) is 0 Å². The van der Waals surface area contributed by atoms with Crippen molar-refractivity contribution >= 4 is 5.91 Å². The fraction of sp³-hybridized carbons (Fsp3) is 0.526. The van der Waals surface area contributed by atoms with E-state index in [2.05, 4.69) is 49.8 Å². The lowest BCUT2D eigenvalue weighted by Crippen LogP contribution is -2.37. The molecule has 1 amide bonds. The maximum absolute atomic E-state index is 11.8.